The molecule has 3 N–H and O–H groups in total. The number of aromatic nitrogens is 4. The first-order chi connectivity index (χ1) is 21.4. The Morgan fingerprint density at radius 3 is 2.64 bits per heavy atom. The number of halogens is 2. The Morgan fingerprint density at radius 2 is 1.84 bits per heavy atom. The van der Waals surface area contributed by atoms with Gasteiger partial charge in [-0.1, -0.05) is 59.6 Å². The molecule has 1 aliphatic heterocycles. The van der Waals surface area contributed by atoms with Crippen molar-refractivity contribution in [1.82, 2.24) is 25.1 Å². The van der Waals surface area contributed by atoms with E-state index in [1.54, 1.807) is 32.6 Å². The number of ether oxygens (including phenoxy) is 2. The van der Waals surface area contributed by atoms with Gasteiger partial charge in [0.05, 0.1) is 52.8 Å². The third-order valence-electron chi connectivity index (χ3n) is 7.69. The molecule has 5 aromatic rings. The van der Waals surface area contributed by atoms with Crippen LogP contribution >= 0.6 is 23.2 Å². The first kappa shape index (κ1) is 30.0. The van der Waals surface area contributed by atoms with Gasteiger partial charge in [0.1, 0.15) is 5.82 Å². The number of aryl methyl sites for hydroxylation is 1. The summed E-state index contributed by atoms with van der Waals surface area (Å²) in [5, 5.41) is 22.9. The van der Waals surface area contributed by atoms with E-state index in [0.717, 1.165) is 12.0 Å². The Kier molecular flexibility index (Phi) is 8.79. The van der Waals surface area contributed by atoms with Crippen LogP contribution in [-0.2, 0) is 18.3 Å². The molecule has 4 heterocycles. The molecule has 0 saturated carbocycles. The highest BCUT2D eigenvalue weighted by Gasteiger charge is 2.24. The molecule has 2 aromatic carbocycles. The van der Waals surface area contributed by atoms with E-state index >= 15 is 0 Å². The molecular weight excluding hydrogens is 603 g/mol. The van der Waals surface area contributed by atoms with Crippen LogP contribution in [0.15, 0.2) is 71.8 Å². The summed E-state index contributed by atoms with van der Waals surface area (Å²) in [6.07, 6.45) is 3.40. The Hall–Kier alpha value is -4.06. The van der Waals surface area contributed by atoms with Crippen molar-refractivity contribution in [1.29, 1.82) is 0 Å². The summed E-state index contributed by atoms with van der Waals surface area (Å²) < 4.78 is 12.2. The van der Waals surface area contributed by atoms with E-state index < -0.39 is 6.10 Å². The molecule has 0 radical (unpaired) electrons. The van der Waals surface area contributed by atoms with Crippen LogP contribution in [0, 0.1) is 0 Å². The van der Waals surface area contributed by atoms with Crippen molar-refractivity contribution in [3.8, 4) is 28.3 Å². The van der Waals surface area contributed by atoms with Crippen molar-refractivity contribution in [2.75, 3.05) is 25.6 Å². The van der Waals surface area contributed by atoms with Crippen molar-refractivity contribution in [2.24, 2.45) is 7.05 Å². The van der Waals surface area contributed by atoms with Crippen molar-refractivity contribution < 1.29 is 14.6 Å². The fourth-order valence-electron chi connectivity index (χ4n) is 5.30. The first-order valence-electron chi connectivity index (χ1n) is 14.0. The van der Waals surface area contributed by atoms with Crippen LogP contribution in [0.4, 0.5) is 11.5 Å². The molecule has 12 heteroatoms. The molecule has 1 saturated heterocycles. The molecule has 0 aliphatic carbocycles. The summed E-state index contributed by atoms with van der Waals surface area (Å²) in [6.45, 7) is 1.41. The molecule has 10 nitrogen and oxygen atoms in total. The topological polar surface area (TPSA) is 123 Å². The molecule has 1 fully saturated rings. The number of aliphatic hydroxyl groups is 1. The Bertz CT molecular complexity index is 1900. The van der Waals surface area contributed by atoms with E-state index in [4.69, 9.17) is 37.7 Å². The Balaban J connectivity index is 1.30. The minimum Gasteiger partial charge on any atom is -0.481 e. The fraction of sp³-hybridized carbons (Fsp3) is 0.250. The van der Waals surface area contributed by atoms with Crippen molar-refractivity contribution >= 4 is 45.5 Å². The highest BCUT2D eigenvalue weighted by molar-refractivity contribution is 6.39. The van der Waals surface area contributed by atoms with Crippen LogP contribution in [-0.4, -0.2) is 57.3 Å². The summed E-state index contributed by atoms with van der Waals surface area (Å²) >= 11 is 14.0. The number of pyridine rings is 2. The molecular formula is C32H30Cl2N6O4. The van der Waals surface area contributed by atoms with E-state index in [1.807, 2.05) is 48.5 Å². The lowest BCUT2D eigenvalue weighted by Gasteiger charge is -2.28. The third-order valence-corrected chi connectivity index (χ3v) is 8.51. The van der Waals surface area contributed by atoms with Crippen molar-refractivity contribution in [3.05, 3.63) is 93.0 Å². The average Bonchev–Trinajstić information content (AvgIpc) is 3.04. The van der Waals surface area contributed by atoms with Crippen LogP contribution in [0.5, 0.6) is 5.88 Å². The van der Waals surface area contributed by atoms with Gasteiger partial charge >= 0.3 is 0 Å². The van der Waals surface area contributed by atoms with Gasteiger partial charge < -0.3 is 25.2 Å². The maximum Gasteiger partial charge on any atom is 0.278 e. The smallest absolute Gasteiger partial charge is 0.278 e. The van der Waals surface area contributed by atoms with Gasteiger partial charge in [0.25, 0.3) is 5.56 Å². The molecule has 3 aromatic heterocycles. The lowest BCUT2D eigenvalue weighted by molar-refractivity contribution is -0.0281. The molecule has 0 bridgehead atoms. The minimum absolute atomic E-state index is 0.0620. The van der Waals surface area contributed by atoms with Crippen molar-refractivity contribution in [3.63, 3.8) is 0 Å². The number of aliphatic hydroxyl groups excluding tert-OH is 1. The highest BCUT2D eigenvalue weighted by atomic mass is 35.5. The van der Waals surface area contributed by atoms with E-state index in [1.165, 1.54) is 4.68 Å². The highest BCUT2D eigenvalue weighted by Crippen LogP contribution is 2.42. The largest absolute Gasteiger partial charge is 0.481 e. The minimum atomic E-state index is -0.558. The lowest BCUT2D eigenvalue weighted by atomic mass is 10.00. The quantitative estimate of drug-likeness (QED) is 0.207. The number of fused-ring (bicyclic) bond motifs is 1. The predicted molar refractivity (Wildman–Crippen MR) is 172 cm³/mol. The zero-order chi connectivity index (χ0) is 30.8. The zero-order valence-corrected chi connectivity index (χ0v) is 25.6. The molecule has 0 unspecified atom stereocenters. The zero-order valence-electron chi connectivity index (χ0n) is 24.1. The molecule has 6 rings (SSSR count). The summed E-state index contributed by atoms with van der Waals surface area (Å²) in [4.78, 5) is 22.0. The first-order valence-corrected chi connectivity index (χ1v) is 14.8. The van der Waals surface area contributed by atoms with E-state index in [2.05, 4.69) is 20.7 Å². The van der Waals surface area contributed by atoms with Gasteiger partial charge in [-0.15, -0.1) is 0 Å². The van der Waals surface area contributed by atoms with E-state index in [-0.39, 0.29) is 11.6 Å². The second-order valence-electron chi connectivity index (χ2n) is 10.4. The molecule has 1 aliphatic rings. The number of methoxy groups -OCH3 is 1. The summed E-state index contributed by atoms with van der Waals surface area (Å²) in [7, 11) is 3.17. The van der Waals surface area contributed by atoms with Crippen LogP contribution in [0.1, 0.15) is 12.0 Å². The summed E-state index contributed by atoms with van der Waals surface area (Å²) in [5.41, 5.74) is 3.91. The number of nitrogens with zero attached hydrogens (tertiary/aromatic N) is 4. The number of nitrogens with one attached hydrogen (secondary N) is 2. The van der Waals surface area contributed by atoms with Gasteiger partial charge in [0, 0.05) is 60.1 Å². The Labute approximate surface area is 263 Å². The van der Waals surface area contributed by atoms with Crippen LogP contribution < -0.4 is 20.9 Å². The maximum atomic E-state index is 12.9. The second-order valence-corrected chi connectivity index (χ2v) is 11.2. The molecule has 0 amide bonds. The monoisotopic (exact) mass is 632 g/mol. The average molecular weight is 634 g/mol. The van der Waals surface area contributed by atoms with E-state index in [0.29, 0.717) is 80.3 Å². The van der Waals surface area contributed by atoms with Gasteiger partial charge in [-0.05, 0) is 24.6 Å². The van der Waals surface area contributed by atoms with Gasteiger partial charge in [0.2, 0.25) is 5.88 Å². The van der Waals surface area contributed by atoms with Crippen LogP contribution in [0.2, 0.25) is 10.0 Å². The van der Waals surface area contributed by atoms with E-state index in [9.17, 15) is 9.90 Å². The number of benzene rings is 2. The number of hydrogen-bond donors (Lipinski definition) is 3. The molecule has 0 spiro atoms. The van der Waals surface area contributed by atoms with Gasteiger partial charge in [0.15, 0.2) is 0 Å². The number of rotatable bonds is 8. The normalized spacial score (nSPS) is 16.7. The van der Waals surface area contributed by atoms with Crippen LogP contribution in [0.25, 0.3) is 33.2 Å². The number of hydrogen-bond acceptors (Lipinski definition) is 9. The lowest BCUT2D eigenvalue weighted by Crippen LogP contribution is -2.46. The standard InChI is InChI=1S/C32H30Cl2N6O4/c1-40-32(42)27-18(16-37-40)11-13-35-30(27)38-25-8-4-6-21(29(25)34)20-5-3-7-22(28(20)33)23-10-9-19(31(39-23)43-2)15-36-24-12-14-44-17-26(24)41/h3-11,13,16,24,26,36,41H,12,14-15,17H2,1-2H3,(H,35,38)/t24-,26-/m1/s1. The predicted octanol–water partition coefficient (Wildman–Crippen LogP) is 5.36. The maximum absolute atomic E-state index is 12.9. The van der Waals surface area contributed by atoms with Gasteiger partial charge in [-0.2, -0.15) is 5.10 Å². The summed E-state index contributed by atoms with van der Waals surface area (Å²) in [6, 6.07) is 16.7. The molecule has 226 valence electrons. The van der Waals surface area contributed by atoms with Gasteiger partial charge in [-0.3, -0.25) is 4.79 Å². The molecule has 44 heavy (non-hydrogen) atoms. The SMILES string of the molecule is COc1nc(-c2cccc(-c3cccc(Nc4nccc5cnn(C)c(=O)c45)c3Cl)c2Cl)ccc1CN[C@@H]1CCOC[C@H]1O. The van der Waals surface area contributed by atoms with Crippen LogP contribution in [0.3, 0.4) is 0 Å². The second kappa shape index (κ2) is 12.9. The molecule has 2 atom stereocenters. The van der Waals surface area contributed by atoms with Gasteiger partial charge in [-0.25, -0.2) is 14.6 Å². The summed E-state index contributed by atoms with van der Waals surface area (Å²) in [5.74, 6) is 0.841. The number of anilines is 2. The van der Waals surface area contributed by atoms with Crippen molar-refractivity contribution in [2.45, 2.75) is 25.1 Å². The Morgan fingerprint density at radius 1 is 1.07 bits per heavy atom. The third kappa shape index (κ3) is 5.87. The fourth-order valence-corrected chi connectivity index (χ4v) is 5.90.